The smallest absolute Gasteiger partial charge is 0.340 e. The zero-order valence-electron chi connectivity index (χ0n) is 15.3. The predicted octanol–water partition coefficient (Wildman–Crippen LogP) is 2.52. The van der Waals surface area contributed by atoms with Crippen LogP contribution in [0, 0.1) is 10.1 Å². The van der Waals surface area contributed by atoms with Crippen molar-refractivity contribution in [1.29, 1.82) is 0 Å². The standard InChI is InChI=1S/C18H18N2O7S/c1-11(27-18(22)13-6-4-5-7-16(13)28(3)25)17(21)19-14-9-8-12(20(23)24)10-15(14)26-2/h4-11H,1-3H3,(H,19,21)/t11-,28-/m0/s1. The Labute approximate surface area is 163 Å². The second kappa shape index (κ2) is 9.09. The Bertz CT molecular complexity index is 945. The van der Waals surface area contributed by atoms with E-state index in [9.17, 15) is 23.9 Å². The first-order valence-corrected chi connectivity index (χ1v) is 9.57. The van der Waals surface area contributed by atoms with Gasteiger partial charge in [-0.05, 0) is 25.1 Å². The Morgan fingerprint density at radius 2 is 1.89 bits per heavy atom. The number of non-ortho nitro benzene ring substituents is 1. The minimum absolute atomic E-state index is 0.0906. The first kappa shape index (κ1) is 21.0. The summed E-state index contributed by atoms with van der Waals surface area (Å²) in [5.41, 5.74) is 0.102. The molecular weight excluding hydrogens is 388 g/mol. The first-order valence-electron chi connectivity index (χ1n) is 8.01. The fourth-order valence-corrected chi connectivity index (χ4v) is 3.03. The number of nitrogens with one attached hydrogen (secondary N) is 1. The summed E-state index contributed by atoms with van der Waals surface area (Å²) in [7, 11) is -0.0961. The molecular formula is C18H18N2O7S. The Kier molecular flexibility index (Phi) is 6.83. The SMILES string of the molecule is COc1cc([N+](=O)[O-])ccc1NC(=O)[C@H](C)OC(=O)c1ccccc1[S@](C)=O. The average Bonchev–Trinajstić information content (AvgIpc) is 2.67. The van der Waals surface area contributed by atoms with Crippen molar-refractivity contribution in [2.75, 3.05) is 18.7 Å². The summed E-state index contributed by atoms with van der Waals surface area (Å²) >= 11 is 0. The second-order valence-electron chi connectivity index (χ2n) is 5.63. The van der Waals surface area contributed by atoms with Crippen LogP contribution in [-0.4, -0.2) is 40.5 Å². The molecule has 0 unspecified atom stereocenters. The molecule has 0 aliphatic heterocycles. The zero-order chi connectivity index (χ0) is 20.8. The minimum atomic E-state index is -1.40. The molecule has 1 N–H and O–H groups in total. The van der Waals surface area contributed by atoms with Crippen LogP contribution in [0.4, 0.5) is 11.4 Å². The molecule has 0 saturated heterocycles. The summed E-state index contributed by atoms with van der Waals surface area (Å²) in [5, 5.41) is 13.3. The molecule has 9 nitrogen and oxygen atoms in total. The van der Waals surface area contributed by atoms with E-state index in [2.05, 4.69) is 5.32 Å². The maximum Gasteiger partial charge on any atom is 0.340 e. The number of methoxy groups -OCH3 is 1. The van der Waals surface area contributed by atoms with Crippen LogP contribution in [0.5, 0.6) is 5.75 Å². The second-order valence-corrected chi connectivity index (χ2v) is 6.98. The van der Waals surface area contributed by atoms with Crippen LogP contribution in [0.15, 0.2) is 47.4 Å². The van der Waals surface area contributed by atoms with Crippen molar-refractivity contribution < 1.29 is 28.2 Å². The molecule has 0 spiro atoms. The average molecular weight is 406 g/mol. The van der Waals surface area contributed by atoms with Crippen molar-refractivity contribution in [2.45, 2.75) is 17.9 Å². The van der Waals surface area contributed by atoms with Gasteiger partial charge in [0.1, 0.15) is 5.75 Å². The molecule has 0 aromatic heterocycles. The fraction of sp³-hybridized carbons (Fsp3) is 0.222. The summed E-state index contributed by atoms with van der Waals surface area (Å²) in [4.78, 5) is 35.2. The maximum atomic E-state index is 12.3. The van der Waals surface area contributed by atoms with Gasteiger partial charge < -0.3 is 14.8 Å². The van der Waals surface area contributed by atoms with Gasteiger partial charge in [-0.1, -0.05) is 12.1 Å². The molecule has 0 saturated carbocycles. The number of hydrogen-bond acceptors (Lipinski definition) is 7. The van der Waals surface area contributed by atoms with E-state index in [0.29, 0.717) is 4.90 Å². The molecule has 2 aromatic carbocycles. The van der Waals surface area contributed by atoms with Crippen LogP contribution in [0.2, 0.25) is 0 Å². The molecule has 0 heterocycles. The third-order valence-corrected chi connectivity index (χ3v) is 4.70. The minimum Gasteiger partial charge on any atom is -0.494 e. The Morgan fingerprint density at radius 1 is 1.21 bits per heavy atom. The Morgan fingerprint density at radius 3 is 2.50 bits per heavy atom. The van der Waals surface area contributed by atoms with Crippen molar-refractivity contribution in [2.24, 2.45) is 0 Å². The maximum absolute atomic E-state index is 12.3. The predicted molar refractivity (Wildman–Crippen MR) is 102 cm³/mol. The van der Waals surface area contributed by atoms with Gasteiger partial charge in [-0.2, -0.15) is 0 Å². The third kappa shape index (κ3) is 4.92. The van der Waals surface area contributed by atoms with Crippen LogP contribution in [-0.2, 0) is 20.3 Å². The van der Waals surface area contributed by atoms with Crippen LogP contribution < -0.4 is 10.1 Å². The number of carbonyl (C=O) groups is 2. The number of ether oxygens (including phenoxy) is 2. The Balaban J connectivity index is 2.13. The van der Waals surface area contributed by atoms with Crippen molar-refractivity contribution in [3.8, 4) is 5.75 Å². The number of rotatable bonds is 7. The van der Waals surface area contributed by atoms with Crippen molar-refractivity contribution in [3.05, 3.63) is 58.1 Å². The molecule has 2 rings (SSSR count). The molecule has 2 aromatic rings. The number of hydrogen-bond donors (Lipinski definition) is 1. The molecule has 1 amide bonds. The monoisotopic (exact) mass is 406 g/mol. The number of benzene rings is 2. The first-order chi connectivity index (χ1) is 13.2. The topological polar surface area (TPSA) is 125 Å². The lowest BCUT2D eigenvalue weighted by atomic mass is 10.2. The molecule has 0 bridgehead atoms. The fourth-order valence-electron chi connectivity index (χ4n) is 2.29. The lowest BCUT2D eigenvalue weighted by Gasteiger charge is -2.16. The number of nitro groups is 1. The third-order valence-electron chi connectivity index (χ3n) is 3.72. The van der Waals surface area contributed by atoms with Gasteiger partial charge in [0.2, 0.25) is 0 Å². The molecule has 0 aliphatic carbocycles. The highest BCUT2D eigenvalue weighted by Gasteiger charge is 2.23. The van der Waals surface area contributed by atoms with E-state index in [1.165, 1.54) is 44.6 Å². The van der Waals surface area contributed by atoms with Gasteiger partial charge in [0.05, 0.1) is 45.0 Å². The van der Waals surface area contributed by atoms with Gasteiger partial charge in [-0.25, -0.2) is 4.79 Å². The largest absolute Gasteiger partial charge is 0.494 e. The quantitative estimate of drug-likeness (QED) is 0.425. The number of anilines is 1. The van der Waals surface area contributed by atoms with Gasteiger partial charge >= 0.3 is 5.97 Å². The highest BCUT2D eigenvalue weighted by Crippen LogP contribution is 2.29. The molecule has 10 heteroatoms. The van der Waals surface area contributed by atoms with Gasteiger partial charge in [0.15, 0.2) is 6.10 Å². The summed E-state index contributed by atoms with van der Waals surface area (Å²) in [5.74, 6) is -1.35. The van der Waals surface area contributed by atoms with E-state index >= 15 is 0 Å². The lowest BCUT2D eigenvalue weighted by molar-refractivity contribution is -0.384. The van der Waals surface area contributed by atoms with E-state index < -0.39 is 33.7 Å². The molecule has 0 fully saturated rings. The zero-order valence-corrected chi connectivity index (χ0v) is 16.1. The number of amides is 1. The van der Waals surface area contributed by atoms with E-state index in [0.717, 1.165) is 0 Å². The van der Waals surface area contributed by atoms with Gasteiger partial charge in [0.25, 0.3) is 11.6 Å². The molecule has 28 heavy (non-hydrogen) atoms. The highest BCUT2D eigenvalue weighted by atomic mass is 32.2. The Hall–Kier alpha value is -3.27. The molecule has 2 atom stereocenters. The van der Waals surface area contributed by atoms with Crippen LogP contribution in [0.3, 0.4) is 0 Å². The van der Waals surface area contributed by atoms with Crippen LogP contribution >= 0.6 is 0 Å². The molecule has 0 radical (unpaired) electrons. The van der Waals surface area contributed by atoms with Crippen LogP contribution in [0.25, 0.3) is 0 Å². The molecule has 0 aliphatic rings. The summed E-state index contributed by atoms with van der Waals surface area (Å²) in [6.07, 6.45) is 0.258. The van der Waals surface area contributed by atoms with Crippen molar-refractivity contribution in [1.82, 2.24) is 0 Å². The van der Waals surface area contributed by atoms with Crippen molar-refractivity contribution >= 4 is 34.1 Å². The summed E-state index contributed by atoms with van der Waals surface area (Å²) < 4.78 is 22.0. The van der Waals surface area contributed by atoms with Gasteiger partial charge in [-0.3, -0.25) is 19.1 Å². The molecule has 148 valence electrons. The number of carbonyl (C=O) groups excluding carboxylic acids is 2. The lowest BCUT2D eigenvalue weighted by Crippen LogP contribution is -2.30. The van der Waals surface area contributed by atoms with E-state index in [-0.39, 0.29) is 22.7 Å². The number of nitrogens with zero attached hydrogens (tertiary/aromatic N) is 1. The van der Waals surface area contributed by atoms with Gasteiger partial charge in [-0.15, -0.1) is 0 Å². The van der Waals surface area contributed by atoms with Gasteiger partial charge in [0, 0.05) is 12.3 Å². The highest BCUT2D eigenvalue weighted by molar-refractivity contribution is 7.84. The van der Waals surface area contributed by atoms with E-state index in [4.69, 9.17) is 9.47 Å². The summed E-state index contributed by atoms with van der Waals surface area (Å²) in [6.45, 7) is 1.37. The van der Waals surface area contributed by atoms with E-state index in [1.54, 1.807) is 18.2 Å². The van der Waals surface area contributed by atoms with E-state index in [1.807, 2.05) is 0 Å². The number of esters is 1. The van der Waals surface area contributed by atoms with Crippen LogP contribution in [0.1, 0.15) is 17.3 Å². The number of nitro benzene ring substituents is 1. The summed E-state index contributed by atoms with van der Waals surface area (Å²) in [6, 6.07) is 9.94. The van der Waals surface area contributed by atoms with Crippen molar-refractivity contribution in [3.63, 3.8) is 0 Å². The normalized spacial score (nSPS) is 12.5.